The summed E-state index contributed by atoms with van der Waals surface area (Å²) in [5.41, 5.74) is 6.68. The fraction of sp³-hybridized carbons (Fsp3) is 0.109. The van der Waals surface area contributed by atoms with Gasteiger partial charge in [-0.15, -0.1) is 0 Å². The molecule has 0 atom stereocenters. The zero-order valence-electron chi connectivity index (χ0n) is 33.4. The zero-order valence-corrected chi connectivity index (χ0v) is 34.3. The molecule has 0 aliphatic rings. The van der Waals surface area contributed by atoms with E-state index in [4.69, 9.17) is 0 Å². The Kier molecular flexibility index (Phi) is 13.5. The summed E-state index contributed by atoms with van der Waals surface area (Å²) in [6.07, 6.45) is 0.474. The Morgan fingerprint density at radius 2 is 0.852 bits per heavy atom. The van der Waals surface area contributed by atoms with Crippen molar-refractivity contribution < 1.29 is 38.3 Å². The topological polar surface area (TPSA) is 215 Å². The minimum absolute atomic E-state index is 0.226. The first-order valence-corrected chi connectivity index (χ1v) is 20.9. The summed E-state index contributed by atoms with van der Waals surface area (Å²) in [6.45, 7) is 5.64. The lowest BCUT2D eigenvalue weighted by molar-refractivity contribution is 0.101. The Morgan fingerprint density at radius 1 is 0.459 bits per heavy atom. The maximum Gasteiger partial charge on any atom is 0.329 e. The van der Waals surface area contributed by atoms with Crippen LogP contribution in [0.15, 0.2) is 133 Å². The van der Waals surface area contributed by atoms with Gasteiger partial charge in [0.05, 0.1) is 6.16 Å². The number of carbonyl (C=O) groups excluding carboxylic acids is 5. The predicted octanol–water partition coefficient (Wildman–Crippen LogP) is 9.20. The Bertz CT molecular complexity index is 2680. The Balaban J connectivity index is 1.04. The smallest absolute Gasteiger partial charge is 0.324 e. The number of hydrogen-bond donors (Lipinski definition) is 8. The SMILES string of the molecule is CCc1ccc(NC(=O)c2ccc(C)c(NC(=O)c3cccc(NC(=O)Nc4cccc(C(=O)Nc5cc(C(=O)Nc6ccc(CP(=O)(O)O)cc6)ccc5C)c4)c3)c2)cc1. The van der Waals surface area contributed by atoms with Crippen molar-refractivity contribution >= 4 is 71.4 Å². The van der Waals surface area contributed by atoms with Crippen LogP contribution in [0.1, 0.15) is 70.6 Å². The van der Waals surface area contributed by atoms with Crippen molar-refractivity contribution in [1.29, 1.82) is 0 Å². The highest BCUT2D eigenvalue weighted by atomic mass is 31.2. The molecule has 6 amide bonds. The van der Waals surface area contributed by atoms with Crippen LogP contribution in [0.4, 0.5) is 38.9 Å². The molecule has 0 saturated heterocycles. The first-order chi connectivity index (χ1) is 29.1. The van der Waals surface area contributed by atoms with Gasteiger partial charge in [-0.25, -0.2) is 4.79 Å². The lowest BCUT2D eigenvalue weighted by Crippen LogP contribution is -2.21. The molecule has 14 nitrogen and oxygen atoms in total. The maximum absolute atomic E-state index is 13.3. The number of amides is 6. The van der Waals surface area contributed by atoms with Crippen LogP contribution in [0.25, 0.3) is 0 Å². The van der Waals surface area contributed by atoms with Crippen molar-refractivity contribution in [3.63, 3.8) is 0 Å². The molecule has 6 aromatic rings. The van der Waals surface area contributed by atoms with Gasteiger partial charge >= 0.3 is 13.6 Å². The molecule has 61 heavy (non-hydrogen) atoms. The van der Waals surface area contributed by atoms with Gasteiger partial charge in [-0.2, -0.15) is 0 Å². The van der Waals surface area contributed by atoms with Crippen LogP contribution >= 0.6 is 7.60 Å². The average molecular weight is 839 g/mol. The minimum atomic E-state index is -4.23. The number of urea groups is 1. The van der Waals surface area contributed by atoms with E-state index in [2.05, 4.69) is 38.8 Å². The summed E-state index contributed by atoms with van der Waals surface area (Å²) >= 11 is 0. The van der Waals surface area contributed by atoms with E-state index in [1.807, 2.05) is 31.2 Å². The van der Waals surface area contributed by atoms with Gasteiger partial charge in [0.2, 0.25) is 0 Å². The first-order valence-electron chi connectivity index (χ1n) is 19.1. The third-order valence-corrected chi connectivity index (χ3v) is 10.3. The summed E-state index contributed by atoms with van der Waals surface area (Å²) < 4.78 is 11.3. The molecule has 0 spiro atoms. The standard InChI is InChI=1S/C46H43N6O8P/c1-4-30-13-19-36(20-14-30)47-42(53)34-17-11-28(2)40(25-34)51-44(55)32-7-5-9-38(23-32)49-46(57)50-39-10-6-8-33(24-39)45(56)52-41-26-35(18-12-29(41)3)43(54)48-37-21-15-31(16-22-37)27-61(58,59)60/h5-26H,4,27H2,1-3H3,(H,47,53)(H,48,54)(H,51,55)(H,52,56)(H2,49,50,57)(H2,58,59,60). The van der Waals surface area contributed by atoms with Crippen molar-refractivity contribution in [3.05, 3.63) is 178 Å². The first kappa shape index (κ1) is 43.2. The molecule has 0 radical (unpaired) electrons. The van der Waals surface area contributed by atoms with E-state index in [1.54, 1.807) is 73.7 Å². The second-order valence-corrected chi connectivity index (χ2v) is 15.8. The normalized spacial score (nSPS) is 10.9. The fourth-order valence-electron chi connectivity index (χ4n) is 6.12. The molecule has 8 N–H and O–H groups in total. The largest absolute Gasteiger partial charge is 0.329 e. The van der Waals surface area contributed by atoms with Crippen molar-refractivity contribution in [2.24, 2.45) is 0 Å². The lowest BCUT2D eigenvalue weighted by atomic mass is 10.1. The number of nitrogens with one attached hydrogen (secondary N) is 6. The van der Waals surface area contributed by atoms with E-state index in [1.165, 1.54) is 42.5 Å². The van der Waals surface area contributed by atoms with E-state index in [0.29, 0.717) is 50.8 Å². The van der Waals surface area contributed by atoms with Crippen LogP contribution in [-0.2, 0) is 17.1 Å². The van der Waals surface area contributed by atoms with Gasteiger partial charge in [0.1, 0.15) is 0 Å². The minimum Gasteiger partial charge on any atom is -0.324 e. The van der Waals surface area contributed by atoms with E-state index in [-0.39, 0.29) is 22.6 Å². The van der Waals surface area contributed by atoms with Gasteiger partial charge < -0.3 is 41.7 Å². The maximum atomic E-state index is 13.3. The third-order valence-electron chi connectivity index (χ3n) is 9.48. The average Bonchev–Trinajstić information content (AvgIpc) is 3.23. The molecule has 0 aliphatic carbocycles. The number of anilines is 6. The fourth-order valence-corrected chi connectivity index (χ4v) is 6.80. The predicted molar refractivity (Wildman–Crippen MR) is 238 cm³/mol. The quantitative estimate of drug-likeness (QED) is 0.0524. The van der Waals surface area contributed by atoms with E-state index < -0.39 is 37.5 Å². The summed E-state index contributed by atoms with van der Waals surface area (Å²) in [7, 11) is -4.23. The van der Waals surface area contributed by atoms with Crippen LogP contribution in [0.3, 0.4) is 0 Å². The summed E-state index contributed by atoms with van der Waals surface area (Å²) in [5.74, 6) is -1.73. The number of carbonyl (C=O) groups is 5. The van der Waals surface area contributed by atoms with Crippen LogP contribution in [0.5, 0.6) is 0 Å². The highest BCUT2D eigenvalue weighted by Crippen LogP contribution is 2.39. The van der Waals surface area contributed by atoms with Crippen molar-refractivity contribution in [2.45, 2.75) is 33.4 Å². The molecule has 0 heterocycles. The van der Waals surface area contributed by atoms with Crippen molar-refractivity contribution in [2.75, 3.05) is 31.9 Å². The molecule has 6 aromatic carbocycles. The van der Waals surface area contributed by atoms with E-state index in [9.17, 15) is 38.3 Å². The summed E-state index contributed by atoms with van der Waals surface area (Å²) in [4.78, 5) is 84.2. The van der Waals surface area contributed by atoms with E-state index >= 15 is 0 Å². The van der Waals surface area contributed by atoms with Gasteiger partial charge in [0, 0.05) is 56.4 Å². The van der Waals surface area contributed by atoms with E-state index in [0.717, 1.165) is 17.5 Å². The number of benzene rings is 6. The Labute approximate surface area is 352 Å². The van der Waals surface area contributed by atoms with Gasteiger partial charge in [0.25, 0.3) is 23.6 Å². The molecule has 0 aliphatic heterocycles. The molecule has 15 heteroatoms. The second kappa shape index (κ2) is 19.1. The molecule has 0 aromatic heterocycles. The molecular weight excluding hydrogens is 796 g/mol. The van der Waals surface area contributed by atoms with Crippen LogP contribution in [0, 0.1) is 13.8 Å². The molecule has 0 bridgehead atoms. The lowest BCUT2D eigenvalue weighted by Gasteiger charge is -2.13. The molecular formula is C46H43N6O8P. The zero-order chi connectivity index (χ0) is 43.7. The number of hydrogen-bond acceptors (Lipinski definition) is 6. The van der Waals surface area contributed by atoms with Crippen LogP contribution in [-0.4, -0.2) is 39.4 Å². The number of rotatable bonds is 13. The van der Waals surface area contributed by atoms with Gasteiger partial charge in [-0.05, 0) is 127 Å². The molecule has 0 unspecified atom stereocenters. The number of aryl methyl sites for hydroxylation is 3. The Morgan fingerprint density at radius 3 is 1.26 bits per heavy atom. The molecule has 310 valence electrons. The second-order valence-electron chi connectivity index (χ2n) is 14.2. The van der Waals surface area contributed by atoms with Crippen LogP contribution in [0.2, 0.25) is 0 Å². The van der Waals surface area contributed by atoms with Crippen molar-refractivity contribution in [3.8, 4) is 0 Å². The molecule has 0 fully saturated rings. The molecule has 0 saturated carbocycles. The summed E-state index contributed by atoms with van der Waals surface area (Å²) in [6, 6.07) is 35.5. The highest BCUT2D eigenvalue weighted by Gasteiger charge is 2.17. The monoisotopic (exact) mass is 838 g/mol. The van der Waals surface area contributed by atoms with Gasteiger partial charge in [0.15, 0.2) is 0 Å². The highest BCUT2D eigenvalue weighted by molar-refractivity contribution is 7.50. The van der Waals surface area contributed by atoms with Gasteiger partial charge in [-0.1, -0.05) is 55.5 Å². The van der Waals surface area contributed by atoms with Crippen molar-refractivity contribution in [1.82, 2.24) is 0 Å². The molecule has 6 rings (SSSR count). The third kappa shape index (κ3) is 12.1. The van der Waals surface area contributed by atoms with Crippen LogP contribution < -0.4 is 31.9 Å². The van der Waals surface area contributed by atoms with Gasteiger partial charge in [-0.3, -0.25) is 23.7 Å². The summed E-state index contributed by atoms with van der Waals surface area (Å²) in [5, 5.41) is 16.7. The Hall–Kier alpha value is -7.38.